The van der Waals surface area contributed by atoms with Crippen molar-refractivity contribution >= 4 is 0 Å². The summed E-state index contributed by atoms with van der Waals surface area (Å²) >= 11 is 0. The first-order valence-electron chi connectivity index (χ1n) is 6.49. The number of hydrogen-bond donors (Lipinski definition) is 1. The summed E-state index contributed by atoms with van der Waals surface area (Å²) in [4.78, 5) is 0. The Morgan fingerprint density at radius 3 is 2.75 bits per heavy atom. The number of aromatic nitrogens is 3. The van der Waals surface area contributed by atoms with Crippen LogP contribution in [-0.4, -0.2) is 34.3 Å². The average Bonchev–Trinajstić information content (AvgIpc) is 2.94. The average molecular weight is 277 g/mol. The summed E-state index contributed by atoms with van der Waals surface area (Å²) in [5.74, 6) is 1.25. The topological polar surface area (TPSA) is 69.4 Å². The predicted molar refractivity (Wildman–Crippen MR) is 73.9 cm³/mol. The number of aryl methyl sites for hydroxylation is 1. The molecule has 1 heterocycles. The van der Waals surface area contributed by atoms with Gasteiger partial charge in [0.25, 0.3) is 0 Å². The predicted octanol–water partition coefficient (Wildman–Crippen LogP) is 1.79. The molecule has 6 heteroatoms. The zero-order valence-corrected chi connectivity index (χ0v) is 11.9. The molecule has 0 radical (unpaired) electrons. The lowest BCUT2D eigenvalue weighted by atomic mass is 10.1. The van der Waals surface area contributed by atoms with Gasteiger partial charge in [0.05, 0.1) is 26.1 Å². The van der Waals surface area contributed by atoms with E-state index in [0.29, 0.717) is 29.3 Å². The molecule has 1 atom stereocenters. The SMILES string of the molecule is CCCn1nncc1C(O)c1ccc(OC)cc1OC. The number of hydrogen-bond acceptors (Lipinski definition) is 5. The van der Waals surface area contributed by atoms with Gasteiger partial charge < -0.3 is 14.6 Å². The number of benzene rings is 1. The fraction of sp³-hybridized carbons (Fsp3) is 0.429. The standard InChI is InChI=1S/C14H19N3O3/c1-4-7-17-12(9-15-16-17)14(18)11-6-5-10(19-2)8-13(11)20-3/h5-6,8-9,14,18H,4,7H2,1-3H3. The van der Waals surface area contributed by atoms with Gasteiger partial charge >= 0.3 is 0 Å². The van der Waals surface area contributed by atoms with E-state index in [1.807, 2.05) is 6.92 Å². The zero-order chi connectivity index (χ0) is 14.5. The Labute approximate surface area is 117 Å². The highest BCUT2D eigenvalue weighted by atomic mass is 16.5. The van der Waals surface area contributed by atoms with Crippen LogP contribution >= 0.6 is 0 Å². The number of methoxy groups -OCH3 is 2. The molecule has 2 rings (SSSR count). The molecule has 1 N–H and O–H groups in total. The molecule has 0 bridgehead atoms. The van der Waals surface area contributed by atoms with E-state index in [4.69, 9.17) is 9.47 Å². The normalized spacial score (nSPS) is 12.2. The maximum Gasteiger partial charge on any atom is 0.128 e. The van der Waals surface area contributed by atoms with Crippen molar-refractivity contribution < 1.29 is 14.6 Å². The fourth-order valence-electron chi connectivity index (χ4n) is 2.07. The van der Waals surface area contributed by atoms with Gasteiger partial charge in [0.2, 0.25) is 0 Å². The van der Waals surface area contributed by atoms with E-state index in [-0.39, 0.29) is 0 Å². The van der Waals surface area contributed by atoms with Gasteiger partial charge in [0.15, 0.2) is 0 Å². The number of nitrogens with zero attached hydrogens (tertiary/aromatic N) is 3. The summed E-state index contributed by atoms with van der Waals surface area (Å²) < 4.78 is 12.2. The van der Waals surface area contributed by atoms with Crippen LogP contribution in [0.3, 0.4) is 0 Å². The molecule has 1 aromatic heterocycles. The van der Waals surface area contributed by atoms with Gasteiger partial charge in [-0.2, -0.15) is 0 Å². The van der Waals surface area contributed by atoms with Crippen molar-refractivity contribution in [2.24, 2.45) is 0 Å². The molecule has 0 saturated heterocycles. The van der Waals surface area contributed by atoms with Crippen molar-refractivity contribution in [3.05, 3.63) is 35.7 Å². The second-order valence-corrected chi connectivity index (χ2v) is 4.39. The number of ether oxygens (including phenoxy) is 2. The van der Waals surface area contributed by atoms with Crippen LogP contribution in [0.1, 0.15) is 30.7 Å². The first kappa shape index (κ1) is 14.3. The van der Waals surface area contributed by atoms with E-state index in [2.05, 4.69) is 10.3 Å². The third kappa shape index (κ3) is 2.75. The van der Waals surface area contributed by atoms with Crippen LogP contribution in [0.2, 0.25) is 0 Å². The van der Waals surface area contributed by atoms with Crippen molar-refractivity contribution in [2.45, 2.75) is 26.0 Å². The molecule has 0 fully saturated rings. The first-order chi connectivity index (χ1) is 9.71. The van der Waals surface area contributed by atoms with E-state index in [9.17, 15) is 5.11 Å². The molecule has 108 valence electrons. The lowest BCUT2D eigenvalue weighted by Crippen LogP contribution is -2.11. The summed E-state index contributed by atoms with van der Waals surface area (Å²) in [6.45, 7) is 2.76. The lowest BCUT2D eigenvalue weighted by Gasteiger charge is -2.16. The highest BCUT2D eigenvalue weighted by Gasteiger charge is 2.20. The largest absolute Gasteiger partial charge is 0.497 e. The molecule has 0 aliphatic heterocycles. The Bertz CT molecular complexity index is 569. The van der Waals surface area contributed by atoms with Gasteiger partial charge in [-0.3, -0.25) is 0 Å². The smallest absolute Gasteiger partial charge is 0.128 e. The van der Waals surface area contributed by atoms with Crippen LogP contribution in [0.15, 0.2) is 24.4 Å². The molecule has 0 spiro atoms. The van der Waals surface area contributed by atoms with Gasteiger partial charge in [-0.1, -0.05) is 12.1 Å². The molecule has 0 aliphatic carbocycles. The van der Waals surface area contributed by atoms with E-state index in [1.165, 1.54) is 0 Å². The molecular formula is C14H19N3O3. The highest BCUT2D eigenvalue weighted by Crippen LogP contribution is 2.32. The van der Waals surface area contributed by atoms with Crippen molar-refractivity contribution in [1.82, 2.24) is 15.0 Å². The zero-order valence-electron chi connectivity index (χ0n) is 11.9. The van der Waals surface area contributed by atoms with Gasteiger partial charge in [0, 0.05) is 18.2 Å². The summed E-state index contributed by atoms with van der Waals surface area (Å²) in [5.41, 5.74) is 1.31. The molecule has 0 aliphatic rings. The monoisotopic (exact) mass is 277 g/mol. The van der Waals surface area contributed by atoms with Crippen molar-refractivity contribution in [3.8, 4) is 11.5 Å². The van der Waals surface area contributed by atoms with E-state index < -0.39 is 6.10 Å². The summed E-state index contributed by atoms with van der Waals surface area (Å²) in [5, 5.41) is 18.4. The summed E-state index contributed by atoms with van der Waals surface area (Å²) in [6, 6.07) is 5.31. The van der Waals surface area contributed by atoms with Gasteiger partial charge in [-0.25, -0.2) is 4.68 Å². The van der Waals surface area contributed by atoms with E-state index >= 15 is 0 Å². The highest BCUT2D eigenvalue weighted by molar-refractivity contribution is 5.44. The van der Waals surface area contributed by atoms with Crippen LogP contribution in [-0.2, 0) is 6.54 Å². The number of aliphatic hydroxyl groups is 1. The minimum absolute atomic E-state index is 0.570. The Hall–Kier alpha value is -2.08. The van der Waals surface area contributed by atoms with Crippen LogP contribution in [0.4, 0.5) is 0 Å². The lowest BCUT2D eigenvalue weighted by molar-refractivity contribution is 0.202. The quantitative estimate of drug-likeness (QED) is 0.871. The molecule has 6 nitrogen and oxygen atoms in total. The Morgan fingerprint density at radius 2 is 2.10 bits per heavy atom. The molecule has 2 aromatic rings. The first-order valence-corrected chi connectivity index (χ1v) is 6.49. The maximum absolute atomic E-state index is 10.5. The molecular weight excluding hydrogens is 258 g/mol. The summed E-state index contributed by atoms with van der Waals surface area (Å²) in [6.07, 6.45) is 1.66. The van der Waals surface area contributed by atoms with Crippen molar-refractivity contribution in [3.63, 3.8) is 0 Å². The third-order valence-electron chi connectivity index (χ3n) is 3.10. The van der Waals surface area contributed by atoms with Gasteiger partial charge in [-0.05, 0) is 18.6 Å². The van der Waals surface area contributed by atoms with Crippen molar-refractivity contribution in [2.75, 3.05) is 14.2 Å². The van der Waals surface area contributed by atoms with Crippen LogP contribution in [0, 0.1) is 0 Å². The Balaban J connectivity index is 2.37. The van der Waals surface area contributed by atoms with E-state index in [1.54, 1.807) is 43.3 Å². The third-order valence-corrected chi connectivity index (χ3v) is 3.10. The van der Waals surface area contributed by atoms with Gasteiger partial charge in [0.1, 0.15) is 17.6 Å². The minimum atomic E-state index is -0.836. The Morgan fingerprint density at radius 1 is 1.30 bits per heavy atom. The fourth-order valence-corrected chi connectivity index (χ4v) is 2.07. The van der Waals surface area contributed by atoms with Crippen LogP contribution in [0.25, 0.3) is 0 Å². The second-order valence-electron chi connectivity index (χ2n) is 4.39. The second kappa shape index (κ2) is 6.38. The Kier molecular flexibility index (Phi) is 4.57. The van der Waals surface area contributed by atoms with E-state index in [0.717, 1.165) is 6.42 Å². The van der Waals surface area contributed by atoms with Crippen LogP contribution in [0.5, 0.6) is 11.5 Å². The number of aliphatic hydroxyl groups excluding tert-OH is 1. The molecule has 1 aromatic carbocycles. The van der Waals surface area contributed by atoms with Crippen molar-refractivity contribution in [1.29, 1.82) is 0 Å². The summed E-state index contributed by atoms with van der Waals surface area (Å²) in [7, 11) is 3.15. The minimum Gasteiger partial charge on any atom is -0.497 e. The molecule has 1 unspecified atom stereocenters. The molecule has 0 saturated carbocycles. The van der Waals surface area contributed by atoms with Crippen LogP contribution < -0.4 is 9.47 Å². The molecule has 20 heavy (non-hydrogen) atoms. The van der Waals surface area contributed by atoms with Gasteiger partial charge in [-0.15, -0.1) is 5.10 Å². The number of rotatable bonds is 6. The maximum atomic E-state index is 10.5. The molecule has 0 amide bonds.